The van der Waals surface area contributed by atoms with Crippen molar-refractivity contribution in [1.82, 2.24) is 9.38 Å². The number of hydrogen-bond donors (Lipinski definition) is 1. The molecule has 0 fully saturated rings. The predicted molar refractivity (Wildman–Crippen MR) is 67.6 cm³/mol. The number of rotatable bonds is 2. The van der Waals surface area contributed by atoms with Crippen LogP contribution in [-0.2, 0) is 6.42 Å². The van der Waals surface area contributed by atoms with E-state index in [1.54, 1.807) is 0 Å². The minimum absolute atomic E-state index is 0.577. The van der Waals surface area contributed by atoms with Crippen LogP contribution in [0.15, 0.2) is 12.1 Å². The normalized spacial score (nSPS) is 11.6. The van der Waals surface area contributed by atoms with E-state index in [0.717, 1.165) is 29.3 Å². The smallest absolute Gasteiger partial charge is 0.139 e. The van der Waals surface area contributed by atoms with Crippen LogP contribution in [0.25, 0.3) is 5.65 Å². The molecule has 0 bridgehead atoms. The highest BCUT2D eigenvalue weighted by Gasteiger charge is 2.12. The number of anilines is 1. The molecule has 16 heavy (non-hydrogen) atoms. The molecule has 2 heterocycles. The lowest BCUT2D eigenvalue weighted by Crippen LogP contribution is -2.01. The van der Waals surface area contributed by atoms with Crippen LogP contribution in [0.2, 0.25) is 0 Å². The molecule has 0 aromatic carbocycles. The molecule has 0 aliphatic carbocycles. The number of nitrogens with two attached hydrogens (primary N) is 1. The molecular formula is C13H19N3. The van der Waals surface area contributed by atoms with E-state index in [4.69, 9.17) is 5.73 Å². The van der Waals surface area contributed by atoms with Gasteiger partial charge in [0.25, 0.3) is 0 Å². The lowest BCUT2D eigenvalue weighted by atomic mass is 10.1. The summed E-state index contributed by atoms with van der Waals surface area (Å²) in [5.41, 5.74) is 10.5. The third kappa shape index (κ3) is 1.77. The summed E-state index contributed by atoms with van der Waals surface area (Å²) < 4.78 is 2.03. The fourth-order valence-corrected chi connectivity index (χ4v) is 2.14. The highest BCUT2D eigenvalue weighted by molar-refractivity contribution is 5.55. The second-order valence-corrected chi connectivity index (χ2v) is 4.91. The molecule has 3 nitrogen and oxygen atoms in total. The first-order valence-electron chi connectivity index (χ1n) is 5.73. The van der Waals surface area contributed by atoms with Crippen molar-refractivity contribution in [3.8, 4) is 0 Å². The van der Waals surface area contributed by atoms with Gasteiger partial charge in [0.15, 0.2) is 0 Å². The molecule has 2 aromatic heterocycles. The average Bonchev–Trinajstić information content (AvgIpc) is 2.41. The molecule has 0 amide bonds. The zero-order valence-corrected chi connectivity index (χ0v) is 10.4. The maximum Gasteiger partial charge on any atom is 0.139 e. The Morgan fingerprint density at radius 3 is 2.62 bits per heavy atom. The average molecular weight is 217 g/mol. The highest BCUT2D eigenvalue weighted by Crippen LogP contribution is 2.21. The minimum atomic E-state index is 0.577. The van der Waals surface area contributed by atoms with Gasteiger partial charge in [0, 0.05) is 5.69 Å². The zero-order chi connectivity index (χ0) is 11.9. The molecule has 0 saturated heterocycles. The third-order valence-corrected chi connectivity index (χ3v) is 2.76. The van der Waals surface area contributed by atoms with Gasteiger partial charge in [-0.2, -0.15) is 0 Å². The lowest BCUT2D eigenvalue weighted by molar-refractivity contribution is 0.639. The van der Waals surface area contributed by atoms with E-state index in [2.05, 4.69) is 44.8 Å². The number of nitrogen functional groups attached to an aromatic ring is 1. The van der Waals surface area contributed by atoms with Gasteiger partial charge >= 0.3 is 0 Å². The van der Waals surface area contributed by atoms with E-state index >= 15 is 0 Å². The first kappa shape index (κ1) is 11.0. The molecule has 0 unspecified atom stereocenters. The molecular weight excluding hydrogens is 198 g/mol. The van der Waals surface area contributed by atoms with E-state index in [1.807, 2.05) is 4.40 Å². The van der Waals surface area contributed by atoms with E-state index < -0.39 is 0 Å². The fourth-order valence-electron chi connectivity index (χ4n) is 2.14. The number of fused-ring (bicyclic) bond motifs is 1. The number of aryl methyl sites for hydroxylation is 2. The largest absolute Gasteiger partial charge is 0.383 e. The van der Waals surface area contributed by atoms with Crippen LogP contribution >= 0.6 is 0 Å². The predicted octanol–water partition coefficient (Wildman–Crippen LogP) is 2.73. The first-order valence-corrected chi connectivity index (χ1v) is 5.73. The number of pyridine rings is 1. The molecule has 0 spiro atoms. The quantitative estimate of drug-likeness (QED) is 0.840. The molecule has 0 radical (unpaired) electrons. The Balaban J connectivity index is 2.63. The molecule has 86 valence electrons. The summed E-state index contributed by atoms with van der Waals surface area (Å²) in [4.78, 5) is 4.61. The van der Waals surface area contributed by atoms with Gasteiger partial charge in [0.05, 0.1) is 5.69 Å². The van der Waals surface area contributed by atoms with Crippen molar-refractivity contribution in [2.24, 2.45) is 5.92 Å². The second kappa shape index (κ2) is 3.81. The van der Waals surface area contributed by atoms with Gasteiger partial charge in [0.2, 0.25) is 0 Å². The van der Waals surface area contributed by atoms with E-state index in [1.165, 1.54) is 5.56 Å². The summed E-state index contributed by atoms with van der Waals surface area (Å²) >= 11 is 0. The van der Waals surface area contributed by atoms with Crippen molar-refractivity contribution in [3.05, 3.63) is 29.1 Å². The van der Waals surface area contributed by atoms with Crippen molar-refractivity contribution < 1.29 is 0 Å². The van der Waals surface area contributed by atoms with Crippen LogP contribution < -0.4 is 5.73 Å². The summed E-state index contributed by atoms with van der Waals surface area (Å²) in [6.45, 7) is 8.51. The Kier molecular flexibility index (Phi) is 2.62. The van der Waals surface area contributed by atoms with Crippen LogP contribution in [0.1, 0.15) is 30.8 Å². The molecule has 2 N–H and O–H groups in total. The van der Waals surface area contributed by atoms with Gasteiger partial charge in [-0.25, -0.2) is 4.98 Å². The summed E-state index contributed by atoms with van der Waals surface area (Å²) in [6.07, 6.45) is 0.937. The van der Waals surface area contributed by atoms with Crippen LogP contribution in [0.3, 0.4) is 0 Å². The van der Waals surface area contributed by atoms with Crippen LogP contribution in [-0.4, -0.2) is 9.38 Å². The molecule has 0 aliphatic rings. The van der Waals surface area contributed by atoms with E-state index in [9.17, 15) is 0 Å². The summed E-state index contributed by atoms with van der Waals surface area (Å²) in [7, 11) is 0. The number of imidazole rings is 1. The molecule has 0 atom stereocenters. The number of aromatic nitrogens is 2. The van der Waals surface area contributed by atoms with Gasteiger partial charge in [-0.1, -0.05) is 13.8 Å². The van der Waals surface area contributed by atoms with Crippen LogP contribution in [0, 0.1) is 19.8 Å². The Morgan fingerprint density at radius 2 is 2.00 bits per heavy atom. The van der Waals surface area contributed by atoms with Crippen LogP contribution in [0.4, 0.5) is 5.82 Å². The van der Waals surface area contributed by atoms with Gasteiger partial charge in [-0.15, -0.1) is 0 Å². The standard InChI is InChI=1S/C13H19N3/c1-8(2)5-11-13(14)16-10(4)6-9(3)7-12(16)15-11/h6-8H,5,14H2,1-4H3. The molecule has 0 saturated carbocycles. The van der Waals surface area contributed by atoms with E-state index in [0.29, 0.717) is 5.92 Å². The SMILES string of the molecule is Cc1cc(C)n2c(N)c(CC(C)C)nc2c1. The topological polar surface area (TPSA) is 43.3 Å². The van der Waals surface area contributed by atoms with Crippen molar-refractivity contribution >= 4 is 11.5 Å². The number of nitrogens with zero attached hydrogens (tertiary/aromatic N) is 2. The van der Waals surface area contributed by atoms with Crippen molar-refractivity contribution in [3.63, 3.8) is 0 Å². The molecule has 2 rings (SSSR count). The lowest BCUT2D eigenvalue weighted by Gasteiger charge is -2.04. The zero-order valence-electron chi connectivity index (χ0n) is 10.4. The first-order chi connectivity index (χ1) is 7.49. The monoisotopic (exact) mass is 217 g/mol. The van der Waals surface area contributed by atoms with Gasteiger partial charge in [-0.3, -0.25) is 4.40 Å². The maximum absolute atomic E-state index is 6.14. The Labute approximate surface area is 96.3 Å². The van der Waals surface area contributed by atoms with E-state index in [-0.39, 0.29) is 0 Å². The Hall–Kier alpha value is -1.51. The summed E-state index contributed by atoms with van der Waals surface area (Å²) in [5, 5.41) is 0. The van der Waals surface area contributed by atoms with Gasteiger partial charge in [-0.05, 0) is 43.9 Å². The second-order valence-electron chi connectivity index (χ2n) is 4.91. The van der Waals surface area contributed by atoms with Crippen molar-refractivity contribution in [2.75, 3.05) is 5.73 Å². The number of hydrogen-bond acceptors (Lipinski definition) is 2. The Morgan fingerprint density at radius 1 is 1.31 bits per heavy atom. The summed E-state index contributed by atoms with van der Waals surface area (Å²) in [6, 6.07) is 4.21. The molecule has 3 heteroatoms. The van der Waals surface area contributed by atoms with Gasteiger partial charge < -0.3 is 5.73 Å². The minimum Gasteiger partial charge on any atom is -0.383 e. The van der Waals surface area contributed by atoms with Crippen LogP contribution in [0.5, 0.6) is 0 Å². The molecule has 2 aromatic rings. The third-order valence-electron chi connectivity index (χ3n) is 2.76. The highest BCUT2D eigenvalue weighted by atomic mass is 15.1. The van der Waals surface area contributed by atoms with Crippen molar-refractivity contribution in [1.29, 1.82) is 0 Å². The van der Waals surface area contributed by atoms with Gasteiger partial charge in [0.1, 0.15) is 11.5 Å². The molecule has 0 aliphatic heterocycles. The fraction of sp³-hybridized carbons (Fsp3) is 0.462. The maximum atomic E-state index is 6.14. The Bertz CT molecular complexity index is 523. The summed E-state index contributed by atoms with van der Waals surface area (Å²) in [5.74, 6) is 1.37. The van der Waals surface area contributed by atoms with Crippen molar-refractivity contribution in [2.45, 2.75) is 34.1 Å².